The van der Waals surface area contributed by atoms with Crippen molar-refractivity contribution in [1.29, 1.82) is 0 Å². The van der Waals surface area contributed by atoms with Gasteiger partial charge >= 0.3 is 0 Å². The number of hydrogen-bond acceptors (Lipinski definition) is 2. The van der Waals surface area contributed by atoms with E-state index in [0.717, 1.165) is 24.3 Å². The molecule has 0 saturated heterocycles. The lowest BCUT2D eigenvalue weighted by Crippen LogP contribution is -2.18. The Balaban J connectivity index is 2.35. The third-order valence-electron chi connectivity index (χ3n) is 2.61. The van der Waals surface area contributed by atoms with Crippen LogP contribution in [0.2, 0.25) is 0 Å². The number of nitrogens with two attached hydrogens (primary N) is 1. The fourth-order valence-electron chi connectivity index (χ4n) is 1.79. The molecule has 0 aliphatic heterocycles. The highest BCUT2D eigenvalue weighted by molar-refractivity contribution is 5.90. The van der Waals surface area contributed by atoms with Crippen LogP contribution in [0.1, 0.15) is 0 Å². The van der Waals surface area contributed by atoms with E-state index in [1.807, 2.05) is 12.1 Å². The first kappa shape index (κ1) is 10.1. The van der Waals surface area contributed by atoms with Gasteiger partial charge in [-0.15, -0.1) is 0 Å². The SMILES string of the molecule is CN(C)CCn1ccc2cccc(N)c21. The van der Waals surface area contributed by atoms with Crippen molar-refractivity contribution in [3.8, 4) is 0 Å². The molecule has 80 valence electrons. The summed E-state index contributed by atoms with van der Waals surface area (Å²) < 4.78 is 2.21. The number of para-hydroxylation sites is 1. The Morgan fingerprint density at radius 3 is 2.80 bits per heavy atom. The maximum Gasteiger partial charge on any atom is 0.0714 e. The molecule has 3 nitrogen and oxygen atoms in total. The molecule has 2 N–H and O–H groups in total. The van der Waals surface area contributed by atoms with Crippen molar-refractivity contribution < 1.29 is 0 Å². The van der Waals surface area contributed by atoms with Crippen molar-refractivity contribution in [1.82, 2.24) is 9.47 Å². The van der Waals surface area contributed by atoms with Crippen LogP contribution in [-0.2, 0) is 6.54 Å². The first-order valence-corrected chi connectivity index (χ1v) is 5.16. The van der Waals surface area contributed by atoms with Gasteiger partial charge in [-0.05, 0) is 26.2 Å². The van der Waals surface area contributed by atoms with E-state index in [-0.39, 0.29) is 0 Å². The average molecular weight is 203 g/mol. The molecule has 0 atom stereocenters. The van der Waals surface area contributed by atoms with E-state index in [2.05, 4.69) is 41.9 Å². The van der Waals surface area contributed by atoms with E-state index >= 15 is 0 Å². The number of nitrogens with zero attached hydrogens (tertiary/aromatic N) is 2. The maximum absolute atomic E-state index is 5.97. The normalized spacial score (nSPS) is 11.4. The number of fused-ring (bicyclic) bond motifs is 1. The summed E-state index contributed by atoms with van der Waals surface area (Å²) >= 11 is 0. The average Bonchev–Trinajstić information content (AvgIpc) is 2.59. The maximum atomic E-state index is 5.97. The molecule has 15 heavy (non-hydrogen) atoms. The highest BCUT2D eigenvalue weighted by Gasteiger charge is 2.03. The van der Waals surface area contributed by atoms with Crippen LogP contribution in [0.25, 0.3) is 10.9 Å². The predicted octanol–water partition coefficient (Wildman–Crippen LogP) is 1.79. The molecule has 0 amide bonds. The zero-order valence-electron chi connectivity index (χ0n) is 9.27. The van der Waals surface area contributed by atoms with Gasteiger partial charge in [-0.1, -0.05) is 12.1 Å². The molecule has 2 aromatic rings. The smallest absolute Gasteiger partial charge is 0.0714 e. The number of rotatable bonds is 3. The van der Waals surface area contributed by atoms with E-state index < -0.39 is 0 Å². The summed E-state index contributed by atoms with van der Waals surface area (Å²) in [7, 11) is 4.16. The number of anilines is 1. The Morgan fingerprint density at radius 2 is 2.07 bits per heavy atom. The Hall–Kier alpha value is -1.48. The standard InChI is InChI=1S/C12H17N3/c1-14(2)8-9-15-7-6-10-4-3-5-11(13)12(10)15/h3-7H,8-9,13H2,1-2H3. The summed E-state index contributed by atoms with van der Waals surface area (Å²) in [5.74, 6) is 0. The van der Waals surface area contributed by atoms with Gasteiger partial charge in [0.2, 0.25) is 0 Å². The van der Waals surface area contributed by atoms with E-state index in [1.54, 1.807) is 0 Å². The third-order valence-corrected chi connectivity index (χ3v) is 2.61. The van der Waals surface area contributed by atoms with Crippen LogP contribution in [0, 0.1) is 0 Å². The number of aromatic nitrogens is 1. The van der Waals surface area contributed by atoms with Gasteiger partial charge < -0.3 is 15.2 Å². The predicted molar refractivity (Wildman–Crippen MR) is 64.9 cm³/mol. The van der Waals surface area contributed by atoms with Crippen LogP contribution in [0.4, 0.5) is 5.69 Å². The van der Waals surface area contributed by atoms with Gasteiger partial charge in [-0.2, -0.15) is 0 Å². The first-order valence-electron chi connectivity index (χ1n) is 5.16. The molecule has 0 saturated carbocycles. The highest BCUT2D eigenvalue weighted by Crippen LogP contribution is 2.21. The summed E-state index contributed by atoms with van der Waals surface area (Å²) in [6, 6.07) is 8.15. The molecule has 1 aromatic heterocycles. The second kappa shape index (κ2) is 3.95. The molecule has 0 bridgehead atoms. The van der Waals surface area contributed by atoms with Crippen molar-refractivity contribution in [3.63, 3.8) is 0 Å². The molecule has 0 fully saturated rings. The van der Waals surface area contributed by atoms with Crippen molar-refractivity contribution >= 4 is 16.6 Å². The summed E-state index contributed by atoms with van der Waals surface area (Å²) in [5, 5.41) is 1.22. The Labute approximate surface area is 90.1 Å². The van der Waals surface area contributed by atoms with Crippen molar-refractivity contribution in [2.75, 3.05) is 26.4 Å². The molecule has 1 aromatic carbocycles. The summed E-state index contributed by atoms with van der Waals surface area (Å²) in [4.78, 5) is 2.17. The van der Waals surface area contributed by atoms with Gasteiger partial charge in [0.15, 0.2) is 0 Å². The first-order chi connectivity index (χ1) is 7.18. The zero-order chi connectivity index (χ0) is 10.8. The summed E-state index contributed by atoms with van der Waals surface area (Å²) in [6.07, 6.45) is 2.10. The van der Waals surface area contributed by atoms with E-state index in [0.29, 0.717) is 0 Å². The minimum absolute atomic E-state index is 0.858. The summed E-state index contributed by atoms with van der Waals surface area (Å²) in [5.41, 5.74) is 7.98. The molecule has 0 unspecified atom stereocenters. The second-order valence-corrected chi connectivity index (χ2v) is 4.10. The molecule has 0 aliphatic rings. The second-order valence-electron chi connectivity index (χ2n) is 4.10. The molecular formula is C12H17N3. The molecule has 1 heterocycles. The lowest BCUT2D eigenvalue weighted by molar-refractivity contribution is 0.387. The largest absolute Gasteiger partial charge is 0.397 e. The minimum atomic E-state index is 0.858. The van der Waals surface area contributed by atoms with E-state index in [1.165, 1.54) is 5.39 Å². The number of hydrogen-bond donors (Lipinski definition) is 1. The Kier molecular flexibility index (Phi) is 2.64. The number of benzene rings is 1. The van der Waals surface area contributed by atoms with Gasteiger partial charge in [0, 0.05) is 24.7 Å². The quantitative estimate of drug-likeness (QED) is 0.772. The van der Waals surface area contributed by atoms with Crippen LogP contribution in [0.3, 0.4) is 0 Å². The van der Waals surface area contributed by atoms with Crippen molar-refractivity contribution in [2.45, 2.75) is 6.54 Å². The van der Waals surface area contributed by atoms with Crippen LogP contribution in [0.15, 0.2) is 30.5 Å². The van der Waals surface area contributed by atoms with Crippen molar-refractivity contribution in [2.24, 2.45) is 0 Å². The minimum Gasteiger partial charge on any atom is -0.397 e. The monoisotopic (exact) mass is 203 g/mol. The van der Waals surface area contributed by atoms with Gasteiger partial charge in [0.05, 0.1) is 11.2 Å². The number of likely N-dealkylation sites (N-methyl/N-ethyl adjacent to an activating group) is 1. The molecule has 0 aliphatic carbocycles. The van der Waals surface area contributed by atoms with Crippen LogP contribution >= 0.6 is 0 Å². The zero-order valence-corrected chi connectivity index (χ0v) is 9.27. The fraction of sp³-hybridized carbons (Fsp3) is 0.333. The van der Waals surface area contributed by atoms with Gasteiger partial charge in [0.1, 0.15) is 0 Å². The Morgan fingerprint density at radius 1 is 1.27 bits per heavy atom. The topological polar surface area (TPSA) is 34.2 Å². The highest BCUT2D eigenvalue weighted by atomic mass is 15.1. The summed E-state index contributed by atoms with van der Waals surface area (Å²) in [6.45, 7) is 2.00. The van der Waals surface area contributed by atoms with Crippen LogP contribution in [0.5, 0.6) is 0 Å². The molecule has 3 heteroatoms. The van der Waals surface area contributed by atoms with Crippen molar-refractivity contribution in [3.05, 3.63) is 30.5 Å². The molecular weight excluding hydrogens is 186 g/mol. The lowest BCUT2D eigenvalue weighted by atomic mass is 10.2. The van der Waals surface area contributed by atoms with Crippen LogP contribution < -0.4 is 5.73 Å². The number of nitrogen functional groups attached to an aromatic ring is 1. The Bertz CT molecular complexity index is 457. The van der Waals surface area contributed by atoms with Gasteiger partial charge in [-0.3, -0.25) is 0 Å². The molecule has 0 radical (unpaired) electrons. The van der Waals surface area contributed by atoms with Gasteiger partial charge in [0.25, 0.3) is 0 Å². The van der Waals surface area contributed by atoms with Gasteiger partial charge in [-0.25, -0.2) is 0 Å². The van der Waals surface area contributed by atoms with E-state index in [9.17, 15) is 0 Å². The molecule has 0 spiro atoms. The van der Waals surface area contributed by atoms with E-state index in [4.69, 9.17) is 5.73 Å². The lowest BCUT2D eigenvalue weighted by Gasteiger charge is -2.11. The third kappa shape index (κ3) is 1.97. The molecule has 2 rings (SSSR count). The fourth-order valence-corrected chi connectivity index (χ4v) is 1.79. The van der Waals surface area contributed by atoms with Crippen LogP contribution in [-0.4, -0.2) is 30.1 Å².